The molecule has 1 aromatic rings. The van der Waals surface area contributed by atoms with Gasteiger partial charge in [-0.25, -0.2) is 4.98 Å². The minimum Gasteiger partial charge on any atom is -0.358 e. The fraction of sp³-hybridized carbons (Fsp3) is 0.583. The van der Waals surface area contributed by atoms with E-state index in [-0.39, 0.29) is 0 Å². The summed E-state index contributed by atoms with van der Waals surface area (Å²) in [5.41, 5.74) is 6.50. The third-order valence-corrected chi connectivity index (χ3v) is 2.85. The number of anilines is 1. The van der Waals surface area contributed by atoms with Crippen molar-refractivity contribution in [3.8, 4) is 0 Å². The molecule has 0 amide bonds. The van der Waals surface area contributed by atoms with Gasteiger partial charge in [-0.3, -0.25) is 0 Å². The first kappa shape index (κ1) is 13.3. The van der Waals surface area contributed by atoms with Gasteiger partial charge in [0.15, 0.2) is 0 Å². The van der Waals surface area contributed by atoms with Gasteiger partial charge in [-0.15, -0.1) is 0 Å². The molecule has 0 aliphatic rings. The van der Waals surface area contributed by atoms with Crippen molar-refractivity contribution in [1.82, 2.24) is 4.98 Å². The van der Waals surface area contributed by atoms with E-state index in [1.807, 2.05) is 13.1 Å². The highest BCUT2D eigenvalue weighted by Crippen LogP contribution is 2.23. The van der Waals surface area contributed by atoms with Crippen molar-refractivity contribution in [2.75, 3.05) is 18.5 Å². The van der Waals surface area contributed by atoms with Gasteiger partial charge in [-0.05, 0) is 18.1 Å². The summed E-state index contributed by atoms with van der Waals surface area (Å²) < 4.78 is 0. The van der Waals surface area contributed by atoms with Crippen LogP contribution in [0.25, 0.3) is 0 Å². The van der Waals surface area contributed by atoms with Crippen molar-refractivity contribution in [3.05, 3.63) is 22.8 Å². The van der Waals surface area contributed by atoms with E-state index in [2.05, 4.69) is 16.8 Å². The van der Waals surface area contributed by atoms with Crippen molar-refractivity contribution in [2.45, 2.75) is 32.7 Å². The Morgan fingerprint density at radius 2 is 2.19 bits per heavy atom. The summed E-state index contributed by atoms with van der Waals surface area (Å²) in [6, 6.07) is 1.89. The lowest BCUT2D eigenvalue weighted by Crippen LogP contribution is -2.20. The second-order valence-corrected chi connectivity index (χ2v) is 4.39. The molecule has 2 N–H and O–H groups in total. The first-order valence-electron chi connectivity index (χ1n) is 5.74. The Labute approximate surface area is 103 Å². The van der Waals surface area contributed by atoms with E-state index in [4.69, 9.17) is 17.3 Å². The maximum Gasteiger partial charge on any atom is 0.147 e. The highest BCUT2D eigenvalue weighted by Gasteiger charge is 2.07. The molecule has 0 saturated heterocycles. The molecule has 1 heterocycles. The largest absolute Gasteiger partial charge is 0.358 e. The number of nitrogens with two attached hydrogens (primary N) is 1. The summed E-state index contributed by atoms with van der Waals surface area (Å²) in [6.07, 6.45) is 5.42. The summed E-state index contributed by atoms with van der Waals surface area (Å²) in [4.78, 5) is 6.44. The van der Waals surface area contributed by atoms with Crippen LogP contribution in [0.2, 0.25) is 5.02 Å². The van der Waals surface area contributed by atoms with Gasteiger partial charge in [0.2, 0.25) is 0 Å². The monoisotopic (exact) mass is 241 g/mol. The van der Waals surface area contributed by atoms with Crippen LogP contribution in [-0.2, 0) is 6.54 Å². The van der Waals surface area contributed by atoms with Crippen LogP contribution in [0.1, 0.15) is 31.7 Å². The Bertz CT molecular complexity index is 328. The van der Waals surface area contributed by atoms with Gasteiger partial charge >= 0.3 is 0 Å². The van der Waals surface area contributed by atoms with Gasteiger partial charge in [-0.1, -0.05) is 31.4 Å². The van der Waals surface area contributed by atoms with Crippen LogP contribution >= 0.6 is 11.6 Å². The summed E-state index contributed by atoms with van der Waals surface area (Å²) >= 11 is 6.16. The van der Waals surface area contributed by atoms with Crippen LogP contribution in [0.15, 0.2) is 12.3 Å². The van der Waals surface area contributed by atoms with Crippen LogP contribution in [0.5, 0.6) is 0 Å². The fourth-order valence-electron chi connectivity index (χ4n) is 1.57. The molecule has 1 rings (SSSR count). The van der Waals surface area contributed by atoms with Crippen molar-refractivity contribution in [1.29, 1.82) is 0 Å². The minimum absolute atomic E-state index is 0.479. The van der Waals surface area contributed by atoms with Crippen LogP contribution in [0, 0.1) is 0 Å². The van der Waals surface area contributed by atoms with Crippen molar-refractivity contribution in [3.63, 3.8) is 0 Å². The second-order valence-electron chi connectivity index (χ2n) is 3.98. The normalized spacial score (nSPS) is 10.5. The Hall–Kier alpha value is -0.800. The van der Waals surface area contributed by atoms with E-state index in [1.165, 1.54) is 19.3 Å². The Morgan fingerprint density at radius 3 is 2.75 bits per heavy atom. The van der Waals surface area contributed by atoms with E-state index >= 15 is 0 Å². The molecule has 0 aliphatic heterocycles. The predicted octanol–water partition coefficient (Wildman–Crippen LogP) is 2.82. The number of nitrogens with zero attached hydrogens (tertiary/aromatic N) is 2. The summed E-state index contributed by atoms with van der Waals surface area (Å²) in [5.74, 6) is 0.843. The maximum absolute atomic E-state index is 6.16. The molecule has 16 heavy (non-hydrogen) atoms. The zero-order valence-electron chi connectivity index (χ0n) is 10.0. The van der Waals surface area contributed by atoms with E-state index in [0.717, 1.165) is 17.9 Å². The topological polar surface area (TPSA) is 42.2 Å². The van der Waals surface area contributed by atoms with Crippen molar-refractivity contribution >= 4 is 17.4 Å². The lowest BCUT2D eigenvalue weighted by atomic mass is 10.2. The van der Waals surface area contributed by atoms with Gasteiger partial charge < -0.3 is 10.6 Å². The van der Waals surface area contributed by atoms with E-state index in [0.29, 0.717) is 11.6 Å². The number of halogens is 1. The fourth-order valence-corrected chi connectivity index (χ4v) is 1.90. The third kappa shape index (κ3) is 3.65. The van der Waals surface area contributed by atoms with Gasteiger partial charge in [0.25, 0.3) is 0 Å². The Balaban J connectivity index is 2.64. The highest BCUT2D eigenvalue weighted by molar-refractivity contribution is 6.33. The van der Waals surface area contributed by atoms with Crippen molar-refractivity contribution in [2.24, 2.45) is 5.73 Å². The minimum atomic E-state index is 0.479. The third-order valence-electron chi connectivity index (χ3n) is 2.57. The standard InChI is InChI=1S/C12H20ClN3/c1-3-4-5-6-16(2)12-11(13)7-10(8-14)9-15-12/h7,9H,3-6,8,14H2,1-2H3. The molecule has 0 saturated carbocycles. The first-order chi connectivity index (χ1) is 7.69. The zero-order valence-corrected chi connectivity index (χ0v) is 10.8. The molecule has 90 valence electrons. The number of pyridine rings is 1. The second kappa shape index (κ2) is 6.71. The molecule has 0 aromatic carbocycles. The molecule has 0 aliphatic carbocycles. The van der Waals surface area contributed by atoms with Gasteiger partial charge in [0.05, 0.1) is 5.02 Å². The molecule has 0 fully saturated rings. The first-order valence-corrected chi connectivity index (χ1v) is 6.12. The number of unbranched alkanes of at least 4 members (excludes halogenated alkanes) is 2. The molecule has 3 nitrogen and oxygen atoms in total. The SMILES string of the molecule is CCCCCN(C)c1ncc(CN)cc1Cl. The summed E-state index contributed by atoms with van der Waals surface area (Å²) in [7, 11) is 2.02. The smallest absolute Gasteiger partial charge is 0.147 e. The zero-order chi connectivity index (χ0) is 12.0. The van der Waals surface area contributed by atoms with Gasteiger partial charge in [-0.2, -0.15) is 0 Å². The van der Waals surface area contributed by atoms with Crippen LogP contribution in [0.4, 0.5) is 5.82 Å². The number of hydrogen-bond donors (Lipinski definition) is 1. The summed E-state index contributed by atoms with van der Waals surface area (Å²) in [6.45, 7) is 3.66. The van der Waals surface area contributed by atoms with E-state index in [1.54, 1.807) is 6.20 Å². The lowest BCUT2D eigenvalue weighted by Gasteiger charge is -2.19. The van der Waals surface area contributed by atoms with Gasteiger partial charge in [0, 0.05) is 26.3 Å². The molecular formula is C12H20ClN3. The lowest BCUT2D eigenvalue weighted by molar-refractivity contribution is 0.701. The molecule has 0 spiro atoms. The highest BCUT2D eigenvalue weighted by atomic mass is 35.5. The van der Waals surface area contributed by atoms with Crippen LogP contribution in [0.3, 0.4) is 0 Å². The van der Waals surface area contributed by atoms with Crippen molar-refractivity contribution < 1.29 is 0 Å². The Morgan fingerprint density at radius 1 is 1.44 bits per heavy atom. The molecule has 0 bridgehead atoms. The average Bonchev–Trinajstić information content (AvgIpc) is 2.29. The number of hydrogen-bond acceptors (Lipinski definition) is 3. The Kier molecular flexibility index (Phi) is 5.56. The molecule has 1 aromatic heterocycles. The van der Waals surface area contributed by atoms with E-state index in [9.17, 15) is 0 Å². The average molecular weight is 242 g/mol. The number of aromatic nitrogens is 1. The van der Waals surface area contributed by atoms with Gasteiger partial charge in [0.1, 0.15) is 5.82 Å². The van der Waals surface area contributed by atoms with E-state index < -0.39 is 0 Å². The molecule has 4 heteroatoms. The van der Waals surface area contributed by atoms with Crippen LogP contribution in [-0.4, -0.2) is 18.6 Å². The molecule has 0 radical (unpaired) electrons. The summed E-state index contributed by atoms with van der Waals surface area (Å²) in [5, 5.41) is 0.682. The maximum atomic E-state index is 6.16. The quantitative estimate of drug-likeness (QED) is 0.779. The molecule has 0 unspecified atom stereocenters. The predicted molar refractivity (Wildman–Crippen MR) is 69.9 cm³/mol. The molecule has 0 atom stereocenters. The molecular weight excluding hydrogens is 222 g/mol. The van der Waals surface area contributed by atoms with Crippen LogP contribution < -0.4 is 10.6 Å². The number of rotatable bonds is 6.